The molecule has 0 saturated heterocycles. The second-order valence-corrected chi connectivity index (χ2v) is 3.61. The van der Waals surface area contributed by atoms with Crippen LogP contribution in [0.2, 0.25) is 0 Å². The van der Waals surface area contributed by atoms with Crippen LogP contribution in [-0.4, -0.2) is 0 Å². The van der Waals surface area contributed by atoms with Gasteiger partial charge in [0.2, 0.25) is 0 Å². The molecular weight excluding hydrogens is 84.1 g/mol. The van der Waals surface area contributed by atoms with E-state index in [1.165, 1.54) is 12.8 Å². The number of rotatable bonds is 0. The van der Waals surface area contributed by atoms with Gasteiger partial charge >= 0.3 is 0 Å². The Labute approximate surface area is 44.9 Å². The van der Waals surface area contributed by atoms with Gasteiger partial charge in [0.1, 0.15) is 0 Å². The van der Waals surface area contributed by atoms with Crippen molar-refractivity contribution in [2.75, 3.05) is 0 Å². The molecule has 1 unspecified atom stereocenters. The number of hydrogen-bond acceptors (Lipinski definition) is 0. The van der Waals surface area contributed by atoms with E-state index in [1.54, 1.807) is 0 Å². The molecule has 0 aromatic carbocycles. The molecule has 0 radical (unpaired) electrons. The molecule has 0 heterocycles. The van der Waals surface area contributed by atoms with Gasteiger partial charge in [0.05, 0.1) is 0 Å². The first kappa shape index (κ1) is 3.94. The van der Waals surface area contributed by atoms with E-state index in [4.69, 9.17) is 0 Å². The molecule has 0 aromatic heterocycles. The molecule has 3 rings (SSSR count). The Morgan fingerprint density at radius 2 is 1.86 bits per heavy atom. The fourth-order valence-electron chi connectivity index (χ4n) is 2.11. The monoisotopic (exact) mass is 96.1 g/mol. The third-order valence-corrected chi connectivity index (χ3v) is 3.26. The van der Waals surface area contributed by atoms with Crippen LogP contribution < -0.4 is 0 Å². The van der Waals surface area contributed by atoms with Crippen molar-refractivity contribution in [1.82, 2.24) is 0 Å². The van der Waals surface area contributed by atoms with Gasteiger partial charge in [0.25, 0.3) is 0 Å². The third kappa shape index (κ3) is 0.240. The van der Waals surface area contributed by atoms with Gasteiger partial charge in [-0.2, -0.15) is 0 Å². The molecule has 40 valence electrons. The first-order valence-electron chi connectivity index (χ1n) is 3.22. The summed E-state index contributed by atoms with van der Waals surface area (Å²) in [5.41, 5.74) is 0.824. The summed E-state index contributed by atoms with van der Waals surface area (Å²) in [6, 6.07) is 0. The molecule has 0 N–H and O–H groups in total. The second-order valence-electron chi connectivity index (χ2n) is 3.61. The van der Waals surface area contributed by atoms with Gasteiger partial charge in [-0.15, -0.1) is 0 Å². The molecule has 3 fully saturated rings. The van der Waals surface area contributed by atoms with Crippen molar-refractivity contribution in [3.05, 3.63) is 0 Å². The molecule has 3 aliphatic carbocycles. The van der Waals surface area contributed by atoms with Crippen LogP contribution in [0.5, 0.6) is 0 Å². The van der Waals surface area contributed by atoms with Crippen molar-refractivity contribution in [2.24, 2.45) is 17.3 Å². The van der Waals surface area contributed by atoms with Crippen LogP contribution in [0.4, 0.5) is 0 Å². The zero-order valence-electron chi connectivity index (χ0n) is 5.07. The second kappa shape index (κ2) is 0.765. The zero-order chi connectivity index (χ0) is 5.07. The summed E-state index contributed by atoms with van der Waals surface area (Å²) in [4.78, 5) is 0. The van der Waals surface area contributed by atoms with Gasteiger partial charge in [0, 0.05) is 0 Å². The number of hydrogen-bond donors (Lipinski definition) is 0. The molecule has 0 heteroatoms. The summed E-state index contributed by atoms with van der Waals surface area (Å²) in [5, 5.41) is 0. The molecule has 0 spiro atoms. The largest absolute Gasteiger partial charge is 0.0617 e. The lowest BCUT2D eigenvalue weighted by molar-refractivity contribution is -0.165. The van der Waals surface area contributed by atoms with E-state index < -0.39 is 0 Å². The minimum Gasteiger partial charge on any atom is -0.0617 e. The van der Waals surface area contributed by atoms with Crippen LogP contribution in [0.25, 0.3) is 0 Å². The van der Waals surface area contributed by atoms with E-state index in [0.717, 1.165) is 17.3 Å². The van der Waals surface area contributed by atoms with Crippen LogP contribution in [0, 0.1) is 17.3 Å². The summed E-state index contributed by atoms with van der Waals surface area (Å²) in [6.07, 6.45) is 3.07. The minimum atomic E-state index is 0.824. The topological polar surface area (TPSA) is 0 Å². The lowest BCUT2D eigenvalue weighted by Gasteiger charge is -2.66. The quantitative estimate of drug-likeness (QED) is 0.433. The standard InChI is InChI=1S/C7H12/c1-5-6-3-7(5,2)4-6/h5-6H,3-4H2,1-2H3. The molecule has 3 saturated carbocycles. The Bertz CT molecular complexity index is 98.6. The molecule has 2 bridgehead atoms. The predicted molar refractivity (Wildman–Crippen MR) is 30.0 cm³/mol. The molecule has 1 atom stereocenters. The van der Waals surface area contributed by atoms with Crippen molar-refractivity contribution in [3.63, 3.8) is 0 Å². The first-order chi connectivity index (χ1) is 3.22. The molecule has 3 aliphatic rings. The Hall–Kier alpha value is 0. The van der Waals surface area contributed by atoms with Crippen molar-refractivity contribution >= 4 is 0 Å². The Morgan fingerprint density at radius 3 is 1.86 bits per heavy atom. The highest BCUT2D eigenvalue weighted by Gasteiger charge is 2.59. The van der Waals surface area contributed by atoms with E-state index in [-0.39, 0.29) is 0 Å². The molecule has 0 amide bonds. The first-order valence-corrected chi connectivity index (χ1v) is 3.22. The average molecular weight is 96.2 g/mol. The maximum Gasteiger partial charge on any atom is -0.0292 e. The SMILES string of the molecule is CC1C2CC1(C)C2. The van der Waals surface area contributed by atoms with Crippen molar-refractivity contribution in [3.8, 4) is 0 Å². The normalized spacial score (nSPS) is 66.0. The van der Waals surface area contributed by atoms with E-state index in [0.29, 0.717) is 0 Å². The summed E-state index contributed by atoms with van der Waals surface area (Å²) < 4.78 is 0. The third-order valence-electron chi connectivity index (χ3n) is 3.26. The van der Waals surface area contributed by atoms with Crippen LogP contribution in [0.1, 0.15) is 26.7 Å². The Kier molecular flexibility index (Phi) is 0.430. The summed E-state index contributed by atoms with van der Waals surface area (Å²) >= 11 is 0. The van der Waals surface area contributed by atoms with Crippen molar-refractivity contribution in [1.29, 1.82) is 0 Å². The van der Waals surface area contributed by atoms with E-state index >= 15 is 0 Å². The summed E-state index contributed by atoms with van der Waals surface area (Å²) in [7, 11) is 0. The maximum absolute atomic E-state index is 2.41. The summed E-state index contributed by atoms with van der Waals surface area (Å²) in [5.74, 6) is 2.22. The zero-order valence-corrected chi connectivity index (χ0v) is 5.07. The maximum atomic E-state index is 2.41. The fraction of sp³-hybridized carbons (Fsp3) is 1.00. The molecule has 0 nitrogen and oxygen atoms in total. The lowest BCUT2D eigenvalue weighted by atomic mass is 9.39. The van der Waals surface area contributed by atoms with Crippen molar-refractivity contribution < 1.29 is 0 Å². The van der Waals surface area contributed by atoms with Gasteiger partial charge < -0.3 is 0 Å². The smallest absolute Gasteiger partial charge is 0.0292 e. The van der Waals surface area contributed by atoms with E-state index in [1.807, 2.05) is 0 Å². The van der Waals surface area contributed by atoms with E-state index in [2.05, 4.69) is 13.8 Å². The summed E-state index contributed by atoms with van der Waals surface area (Å²) in [6.45, 7) is 4.80. The molecule has 0 aliphatic heterocycles. The van der Waals surface area contributed by atoms with Gasteiger partial charge in [-0.05, 0) is 30.1 Å². The van der Waals surface area contributed by atoms with Gasteiger partial charge in [0.15, 0.2) is 0 Å². The molecular formula is C7H12. The van der Waals surface area contributed by atoms with Crippen LogP contribution in [0.15, 0.2) is 0 Å². The Morgan fingerprint density at radius 1 is 1.43 bits per heavy atom. The van der Waals surface area contributed by atoms with Gasteiger partial charge in [-0.3, -0.25) is 0 Å². The lowest BCUT2D eigenvalue weighted by Crippen LogP contribution is -2.57. The highest BCUT2D eigenvalue weighted by atomic mass is 14.6. The van der Waals surface area contributed by atoms with Gasteiger partial charge in [-0.1, -0.05) is 13.8 Å². The fourth-order valence-corrected chi connectivity index (χ4v) is 2.11. The van der Waals surface area contributed by atoms with Crippen LogP contribution in [-0.2, 0) is 0 Å². The predicted octanol–water partition coefficient (Wildman–Crippen LogP) is 2.05. The highest BCUT2D eigenvalue weighted by Crippen LogP contribution is 2.68. The van der Waals surface area contributed by atoms with Crippen molar-refractivity contribution in [2.45, 2.75) is 26.7 Å². The van der Waals surface area contributed by atoms with Crippen LogP contribution >= 0.6 is 0 Å². The van der Waals surface area contributed by atoms with Crippen LogP contribution in [0.3, 0.4) is 0 Å². The van der Waals surface area contributed by atoms with Gasteiger partial charge in [-0.25, -0.2) is 0 Å². The highest BCUT2D eigenvalue weighted by molar-refractivity contribution is 5.08. The minimum absolute atomic E-state index is 0.824. The molecule has 7 heavy (non-hydrogen) atoms. The molecule has 0 aromatic rings. The average Bonchev–Trinajstić information content (AvgIpc) is 1.62. The van der Waals surface area contributed by atoms with E-state index in [9.17, 15) is 0 Å². The Balaban J connectivity index is 2.17.